The third kappa shape index (κ3) is 3.82. The number of aromatic nitrogens is 1. The number of carboxylic acids is 1. The summed E-state index contributed by atoms with van der Waals surface area (Å²) in [5, 5.41) is 11.6. The van der Waals surface area contributed by atoms with Crippen molar-refractivity contribution in [3.63, 3.8) is 0 Å². The molecule has 1 amide bonds. The van der Waals surface area contributed by atoms with Crippen molar-refractivity contribution in [1.29, 1.82) is 0 Å². The fraction of sp³-hybridized carbons (Fsp3) is 0.125. The van der Waals surface area contributed by atoms with E-state index in [9.17, 15) is 9.59 Å². The van der Waals surface area contributed by atoms with E-state index in [-0.39, 0.29) is 17.3 Å². The van der Waals surface area contributed by atoms with E-state index in [1.54, 1.807) is 19.1 Å². The zero-order valence-electron chi connectivity index (χ0n) is 11.8. The summed E-state index contributed by atoms with van der Waals surface area (Å²) in [5.74, 6) is -1.49. The molecule has 5 nitrogen and oxygen atoms in total. The minimum absolute atomic E-state index is 0.0233. The molecular weight excluding hydrogens is 268 g/mol. The van der Waals surface area contributed by atoms with Crippen molar-refractivity contribution in [1.82, 2.24) is 4.98 Å². The van der Waals surface area contributed by atoms with E-state index in [0.29, 0.717) is 5.69 Å². The SMILES string of the molecule is Cc1cccc(/C=C/C(=O)Nc2cc(C)[nH]c2C(=O)O)c1. The number of carboxylic acid groups (broad SMARTS) is 1. The summed E-state index contributed by atoms with van der Waals surface area (Å²) in [4.78, 5) is 25.6. The first-order valence-corrected chi connectivity index (χ1v) is 6.44. The van der Waals surface area contributed by atoms with Crippen LogP contribution in [0.3, 0.4) is 0 Å². The van der Waals surface area contributed by atoms with Crippen LogP contribution in [0.5, 0.6) is 0 Å². The molecule has 0 radical (unpaired) electrons. The molecule has 1 aromatic heterocycles. The number of carbonyl (C=O) groups is 2. The van der Waals surface area contributed by atoms with E-state index in [1.807, 2.05) is 31.2 Å². The molecule has 0 unspecified atom stereocenters. The van der Waals surface area contributed by atoms with Crippen LogP contribution < -0.4 is 5.32 Å². The maximum atomic E-state index is 11.9. The number of aromatic carboxylic acids is 1. The van der Waals surface area contributed by atoms with Gasteiger partial charge in [0, 0.05) is 11.8 Å². The molecule has 0 saturated heterocycles. The molecule has 2 aromatic rings. The van der Waals surface area contributed by atoms with Gasteiger partial charge in [-0.05, 0) is 31.6 Å². The number of nitrogens with one attached hydrogen (secondary N) is 2. The topological polar surface area (TPSA) is 82.2 Å². The first-order chi connectivity index (χ1) is 9.95. The fourth-order valence-electron chi connectivity index (χ4n) is 1.98. The molecular formula is C16H16N2O3. The Hall–Kier alpha value is -2.82. The van der Waals surface area contributed by atoms with Gasteiger partial charge in [0.05, 0.1) is 5.69 Å². The van der Waals surface area contributed by atoms with Crippen LogP contribution in [0.2, 0.25) is 0 Å². The third-order valence-electron chi connectivity index (χ3n) is 2.89. The average molecular weight is 284 g/mol. The smallest absolute Gasteiger partial charge is 0.354 e. The van der Waals surface area contributed by atoms with E-state index in [1.165, 1.54) is 6.08 Å². The molecule has 1 aromatic carbocycles. The Kier molecular flexibility index (Phi) is 4.23. The molecule has 0 aliphatic carbocycles. The van der Waals surface area contributed by atoms with E-state index in [4.69, 9.17) is 5.11 Å². The highest BCUT2D eigenvalue weighted by atomic mass is 16.4. The number of carbonyl (C=O) groups excluding carboxylic acids is 1. The van der Waals surface area contributed by atoms with Gasteiger partial charge in [-0.25, -0.2) is 4.79 Å². The summed E-state index contributed by atoms with van der Waals surface area (Å²) < 4.78 is 0. The Balaban J connectivity index is 2.10. The second-order valence-electron chi connectivity index (χ2n) is 4.78. The molecule has 1 heterocycles. The minimum atomic E-state index is -1.11. The maximum absolute atomic E-state index is 11.9. The van der Waals surface area contributed by atoms with Gasteiger partial charge in [-0.15, -0.1) is 0 Å². The Morgan fingerprint density at radius 2 is 2.00 bits per heavy atom. The third-order valence-corrected chi connectivity index (χ3v) is 2.89. The normalized spacial score (nSPS) is 10.8. The number of hydrogen-bond donors (Lipinski definition) is 3. The largest absolute Gasteiger partial charge is 0.477 e. The van der Waals surface area contributed by atoms with E-state index in [2.05, 4.69) is 10.3 Å². The number of hydrogen-bond acceptors (Lipinski definition) is 2. The van der Waals surface area contributed by atoms with Crippen LogP contribution in [0.1, 0.15) is 27.3 Å². The quantitative estimate of drug-likeness (QED) is 0.755. The molecule has 0 aliphatic rings. The Morgan fingerprint density at radius 3 is 2.67 bits per heavy atom. The van der Waals surface area contributed by atoms with E-state index >= 15 is 0 Å². The van der Waals surface area contributed by atoms with Crippen LogP contribution in [0.15, 0.2) is 36.4 Å². The van der Waals surface area contributed by atoms with Gasteiger partial charge in [-0.3, -0.25) is 4.79 Å². The zero-order valence-corrected chi connectivity index (χ0v) is 11.8. The van der Waals surface area contributed by atoms with Crippen LogP contribution >= 0.6 is 0 Å². The van der Waals surface area contributed by atoms with Crippen molar-refractivity contribution in [2.45, 2.75) is 13.8 Å². The zero-order chi connectivity index (χ0) is 15.4. The number of H-pyrrole nitrogens is 1. The monoisotopic (exact) mass is 284 g/mol. The summed E-state index contributed by atoms with van der Waals surface area (Å²) in [7, 11) is 0. The number of aromatic amines is 1. The predicted molar refractivity (Wildman–Crippen MR) is 81.3 cm³/mol. The van der Waals surface area contributed by atoms with Crippen molar-refractivity contribution >= 4 is 23.6 Å². The van der Waals surface area contributed by atoms with Crippen LogP contribution in [-0.2, 0) is 4.79 Å². The highest BCUT2D eigenvalue weighted by Gasteiger charge is 2.14. The van der Waals surface area contributed by atoms with E-state index < -0.39 is 5.97 Å². The molecule has 0 saturated carbocycles. The summed E-state index contributed by atoms with van der Waals surface area (Å²) >= 11 is 0. The lowest BCUT2D eigenvalue weighted by molar-refractivity contribution is -0.111. The van der Waals surface area contributed by atoms with Gasteiger partial charge in [0.15, 0.2) is 0 Å². The molecule has 3 N–H and O–H groups in total. The number of aryl methyl sites for hydroxylation is 2. The Bertz CT molecular complexity index is 714. The highest BCUT2D eigenvalue weighted by Crippen LogP contribution is 2.17. The Morgan fingerprint density at radius 1 is 1.24 bits per heavy atom. The lowest BCUT2D eigenvalue weighted by atomic mass is 10.1. The van der Waals surface area contributed by atoms with Crippen LogP contribution in [0.4, 0.5) is 5.69 Å². The second kappa shape index (κ2) is 6.09. The van der Waals surface area contributed by atoms with Gasteiger partial charge in [-0.2, -0.15) is 0 Å². The lowest BCUT2D eigenvalue weighted by Crippen LogP contribution is -2.10. The first kappa shape index (κ1) is 14.6. The molecule has 0 atom stereocenters. The molecule has 2 rings (SSSR count). The number of amides is 1. The molecule has 0 fully saturated rings. The summed E-state index contributed by atoms with van der Waals surface area (Å²) in [5.41, 5.74) is 2.93. The van der Waals surface area contributed by atoms with Gasteiger partial charge in [0.1, 0.15) is 5.69 Å². The van der Waals surface area contributed by atoms with Gasteiger partial charge >= 0.3 is 5.97 Å². The number of rotatable bonds is 4. The Labute approximate surface area is 122 Å². The van der Waals surface area contributed by atoms with Gasteiger partial charge in [0.2, 0.25) is 5.91 Å². The molecule has 0 aliphatic heterocycles. The van der Waals surface area contributed by atoms with Crippen LogP contribution in [-0.4, -0.2) is 22.0 Å². The first-order valence-electron chi connectivity index (χ1n) is 6.44. The van der Waals surface area contributed by atoms with Crippen molar-refractivity contribution in [3.8, 4) is 0 Å². The molecule has 0 spiro atoms. The van der Waals surface area contributed by atoms with Crippen molar-refractivity contribution in [2.24, 2.45) is 0 Å². The van der Waals surface area contributed by atoms with Gasteiger partial charge in [0.25, 0.3) is 0 Å². The van der Waals surface area contributed by atoms with Gasteiger partial charge < -0.3 is 15.4 Å². The highest BCUT2D eigenvalue weighted by molar-refractivity contribution is 6.05. The summed E-state index contributed by atoms with van der Waals surface area (Å²) in [6.07, 6.45) is 3.06. The average Bonchev–Trinajstić information content (AvgIpc) is 2.77. The summed E-state index contributed by atoms with van der Waals surface area (Å²) in [6.45, 7) is 3.70. The summed E-state index contributed by atoms with van der Waals surface area (Å²) in [6, 6.07) is 9.30. The minimum Gasteiger partial charge on any atom is -0.477 e. The molecule has 21 heavy (non-hydrogen) atoms. The van der Waals surface area contributed by atoms with Gasteiger partial charge in [-0.1, -0.05) is 29.8 Å². The van der Waals surface area contributed by atoms with Crippen molar-refractivity contribution < 1.29 is 14.7 Å². The predicted octanol–water partition coefficient (Wildman–Crippen LogP) is 2.98. The maximum Gasteiger partial charge on any atom is 0.354 e. The molecule has 108 valence electrons. The number of anilines is 1. The van der Waals surface area contributed by atoms with E-state index in [0.717, 1.165) is 11.1 Å². The number of benzene rings is 1. The molecule has 5 heteroatoms. The van der Waals surface area contributed by atoms with Crippen LogP contribution in [0.25, 0.3) is 6.08 Å². The standard InChI is InChI=1S/C16H16N2O3/c1-10-4-3-5-12(8-10)6-7-14(19)18-13-9-11(2)17-15(13)16(20)21/h3-9,17H,1-2H3,(H,18,19)(H,20,21)/b7-6+. The van der Waals surface area contributed by atoms with Crippen LogP contribution in [0, 0.1) is 13.8 Å². The molecule has 0 bridgehead atoms. The van der Waals surface area contributed by atoms with Crippen molar-refractivity contribution in [2.75, 3.05) is 5.32 Å². The fourth-order valence-corrected chi connectivity index (χ4v) is 1.98. The second-order valence-corrected chi connectivity index (χ2v) is 4.78. The van der Waals surface area contributed by atoms with Crippen molar-refractivity contribution in [3.05, 3.63) is 58.9 Å². The lowest BCUT2D eigenvalue weighted by Gasteiger charge is -2.01.